The molecule has 0 aromatic heterocycles. The summed E-state index contributed by atoms with van der Waals surface area (Å²) in [6, 6.07) is 4.18. The van der Waals surface area contributed by atoms with Gasteiger partial charge in [-0.1, -0.05) is 13.3 Å². The number of carbonyl (C=O) groups is 1. The Morgan fingerprint density at radius 1 is 1.48 bits per heavy atom. The highest BCUT2D eigenvalue weighted by molar-refractivity contribution is 5.98. The number of anilines is 1. The van der Waals surface area contributed by atoms with Crippen LogP contribution in [0.3, 0.4) is 0 Å². The van der Waals surface area contributed by atoms with E-state index in [1.54, 1.807) is 17.0 Å². The van der Waals surface area contributed by atoms with E-state index in [-0.39, 0.29) is 11.7 Å². The van der Waals surface area contributed by atoms with E-state index in [2.05, 4.69) is 4.74 Å². The molecule has 4 nitrogen and oxygen atoms in total. The van der Waals surface area contributed by atoms with Crippen LogP contribution in [0.1, 0.15) is 31.7 Å². The summed E-state index contributed by atoms with van der Waals surface area (Å²) in [7, 11) is 0. The summed E-state index contributed by atoms with van der Waals surface area (Å²) in [4.78, 5) is 14.0. The maximum absolute atomic E-state index is 12.4. The lowest BCUT2D eigenvalue weighted by Crippen LogP contribution is -2.46. The number of nitrogens with two attached hydrogens (primary N) is 1. The van der Waals surface area contributed by atoms with Gasteiger partial charge in [-0.3, -0.25) is 4.79 Å². The van der Waals surface area contributed by atoms with Crippen LogP contribution < -0.4 is 15.4 Å². The molecule has 0 fully saturated rings. The highest BCUT2D eigenvalue weighted by atomic mass is 19.3. The molecule has 1 aromatic carbocycles. The standard InChI is InChI=1S/C15H20F2N2O2/c1-2-4-12(18)14(20)19-8-3-5-10-9-11(21-15(16)17)6-7-13(10)19/h6-7,9,12,15H,2-5,8,18H2,1H3. The van der Waals surface area contributed by atoms with Gasteiger partial charge in [0.2, 0.25) is 5.91 Å². The van der Waals surface area contributed by atoms with Crippen LogP contribution in [0.5, 0.6) is 5.75 Å². The van der Waals surface area contributed by atoms with E-state index in [0.29, 0.717) is 13.0 Å². The van der Waals surface area contributed by atoms with Crippen molar-refractivity contribution in [3.63, 3.8) is 0 Å². The fraction of sp³-hybridized carbons (Fsp3) is 0.533. The number of nitrogens with zero attached hydrogens (tertiary/aromatic N) is 1. The third kappa shape index (κ3) is 3.69. The van der Waals surface area contributed by atoms with Crippen LogP contribution in [0, 0.1) is 0 Å². The third-order valence-corrected chi connectivity index (χ3v) is 3.58. The van der Waals surface area contributed by atoms with Crippen molar-refractivity contribution in [3.8, 4) is 5.75 Å². The van der Waals surface area contributed by atoms with Gasteiger partial charge in [-0.15, -0.1) is 0 Å². The Morgan fingerprint density at radius 2 is 2.24 bits per heavy atom. The Balaban J connectivity index is 2.21. The summed E-state index contributed by atoms with van der Waals surface area (Å²) < 4.78 is 28.9. The Morgan fingerprint density at radius 3 is 2.90 bits per heavy atom. The van der Waals surface area contributed by atoms with Crippen molar-refractivity contribution < 1.29 is 18.3 Å². The van der Waals surface area contributed by atoms with Crippen LogP contribution in [0.15, 0.2) is 18.2 Å². The lowest BCUT2D eigenvalue weighted by Gasteiger charge is -2.31. The molecule has 2 rings (SSSR count). The molecule has 2 N–H and O–H groups in total. The minimum atomic E-state index is -2.85. The first-order valence-electron chi connectivity index (χ1n) is 7.17. The Hall–Kier alpha value is -1.69. The van der Waals surface area contributed by atoms with Crippen molar-refractivity contribution in [2.45, 2.75) is 45.3 Å². The molecular weight excluding hydrogens is 278 g/mol. The second-order valence-corrected chi connectivity index (χ2v) is 5.16. The first-order chi connectivity index (χ1) is 10.0. The summed E-state index contributed by atoms with van der Waals surface area (Å²) >= 11 is 0. The third-order valence-electron chi connectivity index (χ3n) is 3.58. The molecule has 6 heteroatoms. The summed E-state index contributed by atoms with van der Waals surface area (Å²) in [5.41, 5.74) is 7.49. The van der Waals surface area contributed by atoms with Gasteiger partial charge in [0.1, 0.15) is 5.75 Å². The van der Waals surface area contributed by atoms with Crippen LogP contribution >= 0.6 is 0 Å². The molecule has 1 unspecified atom stereocenters. The van der Waals surface area contributed by atoms with E-state index in [4.69, 9.17) is 5.73 Å². The summed E-state index contributed by atoms with van der Waals surface area (Å²) in [6.45, 7) is -0.258. The number of hydrogen-bond acceptors (Lipinski definition) is 3. The fourth-order valence-corrected chi connectivity index (χ4v) is 2.61. The molecule has 1 aliphatic heterocycles. The lowest BCUT2D eigenvalue weighted by molar-refractivity contribution is -0.120. The number of amides is 1. The van der Waals surface area contributed by atoms with Gasteiger partial charge in [0.15, 0.2) is 0 Å². The average molecular weight is 298 g/mol. The molecule has 1 heterocycles. The van der Waals surface area contributed by atoms with E-state index in [1.165, 1.54) is 6.07 Å². The monoisotopic (exact) mass is 298 g/mol. The molecule has 0 saturated heterocycles. The summed E-state index contributed by atoms with van der Waals surface area (Å²) in [5, 5.41) is 0. The molecule has 0 bridgehead atoms. The van der Waals surface area contributed by atoms with Crippen molar-refractivity contribution in [1.82, 2.24) is 0 Å². The number of benzene rings is 1. The number of hydrogen-bond donors (Lipinski definition) is 1. The number of alkyl halides is 2. The molecule has 0 saturated carbocycles. The van der Waals surface area contributed by atoms with Gasteiger partial charge in [0, 0.05) is 12.2 Å². The van der Waals surface area contributed by atoms with Gasteiger partial charge in [-0.05, 0) is 43.0 Å². The molecule has 0 spiro atoms. The molecule has 1 aliphatic rings. The van der Waals surface area contributed by atoms with Crippen LogP contribution in [0.4, 0.5) is 14.5 Å². The number of fused-ring (bicyclic) bond motifs is 1. The summed E-state index contributed by atoms with van der Waals surface area (Å²) in [6.07, 6.45) is 3.00. The number of ether oxygens (including phenoxy) is 1. The second kappa shape index (κ2) is 6.85. The van der Waals surface area contributed by atoms with Gasteiger partial charge in [-0.25, -0.2) is 0 Å². The van der Waals surface area contributed by atoms with Crippen LogP contribution in [0.2, 0.25) is 0 Å². The van der Waals surface area contributed by atoms with Gasteiger partial charge in [-0.2, -0.15) is 8.78 Å². The van der Waals surface area contributed by atoms with Gasteiger partial charge in [0.05, 0.1) is 6.04 Å². The Bertz CT molecular complexity index is 508. The second-order valence-electron chi connectivity index (χ2n) is 5.16. The van der Waals surface area contributed by atoms with E-state index < -0.39 is 12.7 Å². The van der Waals surface area contributed by atoms with Crippen molar-refractivity contribution in [1.29, 1.82) is 0 Å². The fourth-order valence-electron chi connectivity index (χ4n) is 2.61. The first-order valence-corrected chi connectivity index (χ1v) is 7.17. The highest BCUT2D eigenvalue weighted by Crippen LogP contribution is 2.31. The van der Waals surface area contributed by atoms with Gasteiger partial charge >= 0.3 is 6.61 Å². The SMILES string of the molecule is CCCC(N)C(=O)N1CCCc2cc(OC(F)F)ccc21. The van der Waals surface area contributed by atoms with Crippen molar-refractivity contribution in [2.75, 3.05) is 11.4 Å². The van der Waals surface area contributed by atoms with E-state index in [9.17, 15) is 13.6 Å². The maximum atomic E-state index is 12.4. The first kappa shape index (κ1) is 15.7. The molecule has 1 amide bonds. The minimum Gasteiger partial charge on any atom is -0.435 e. The average Bonchev–Trinajstić information content (AvgIpc) is 2.45. The number of halogens is 2. The molecule has 1 atom stereocenters. The molecule has 116 valence electrons. The zero-order valence-corrected chi connectivity index (χ0v) is 12.0. The smallest absolute Gasteiger partial charge is 0.387 e. The van der Waals surface area contributed by atoms with Gasteiger partial charge in [0.25, 0.3) is 0 Å². The number of rotatable bonds is 5. The number of aryl methyl sites for hydroxylation is 1. The van der Waals surface area contributed by atoms with Crippen LogP contribution in [0.25, 0.3) is 0 Å². The van der Waals surface area contributed by atoms with Gasteiger partial charge < -0.3 is 15.4 Å². The number of carbonyl (C=O) groups excluding carboxylic acids is 1. The van der Waals surface area contributed by atoms with Crippen LogP contribution in [-0.4, -0.2) is 25.1 Å². The maximum Gasteiger partial charge on any atom is 0.387 e. The van der Waals surface area contributed by atoms with E-state index >= 15 is 0 Å². The van der Waals surface area contributed by atoms with Crippen molar-refractivity contribution in [3.05, 3.63) is 23.8 Å². The quantitative estimate of drug-likeness (QED) is 0.909. The zero-order valence-electron chi connectivity index (χ0n) is 12.0. The predicted octanol–water partition coefficient (Wildman–Crippen LogP) is 2.69. The molecular formula is C15H20F2N2O2. The Labute approximate surface area is 122 Å². The van der Waals surface area contributed by atoms with E-state index in [0.717, 1.165) is 30.5 Å². The zero-order chi connectivity index (χ0) is 15.4. The lowest BCUT2D eigenvalue weighted by atomic mass is 10.00. The predicted molar refractivity (Wildman–Crippen MR) is 76.6 cm³/mol. The van der Waals surface area contributed by atoms with Crippen LogP contribution in [-0.2, 0) is 11.2 Å². The normalized spacial score (nSPS) is 15.8. The van der Waals surface area contributed by atoms with E-state index in [1.807, 2.05) is 6.92 Å². The molecule has 21 heavy (non-hydrogen) atoms. The topological polar surface area (TPSA) is 55.6 Å². The van der Waals surface area contributed by atoms with Crippen molar-refractivity contribution in [2.24, 2.45) is 5.73 Å². The highest BCUT2D eigenvalue weighted by Gasteiger charge is 2.26. The largest absolute Gasteiger partial charge is 0.435 e. The molecule has 0 radical (unpaired) electrons. The Kier molecular flexibility index (Phi) is 5.12. The minimum absolute atomic E-state index is 0.111. The molecule has 0 aliphatic carbocycles. The molecule has 1 aromatic rings. The van der Waals surface area contributed by atoms with Crippen molar-refractivity contribution >= 4 is 11.6 Å². The summed E-state index contributed by atoms with van der Waals surface area (Å²) in [5.74, 6) is 0.0104.